The fourth-order valence-electron chi connectivity index (χ4n) is 0.152. The van der Waals surface area contributed by atoms with Crippen LogP contribution in [0, 0.1) is 10.8 Å². The molecular weight excluding hydrogens is 170 g/mol. The van der Waals surface area contributed by atoms with Crippen LogP contribution >= 0.6 is 15.9 Å². The molecule has 0 radical (unpaired) electrons. The molecule has 0 unspecified atom stereocenters. The molecule has 0 bridgehead atoms. The minimum Gasteiger partial charge on any atom is -0.338 e. The Hall–Kier alpha value is -0.490. The summed E-state index contributed by atoms with van der Waals surface area (Å²) in [5.74, 6) is 2.11. The van der Waals surface area contributed by atoms with Crippen LogP contribution in [-0.2, 0) is 4.79 Å². The fraction of sp³-hybridized carbons (Fsp3) is 0.400. The molecule has 0 saturated carbocycles. The van der Waals surface area contributed by atoms with E-state index in [0.717, 1.165) is 0 Å². The van der Waals surface area contributed by atoms with E-state index in [1.54, 1.807) is 14.1 Å². The zero-order valence-electron chi connectivity index (χ0n) is 4.73. The summed E-state index contributed by atoms with van der Waals surface area (Å²) >= 11 is 2.81. The number of rotatable bonds is 0. The molecule has 0 saturated heterocycles. The van der Waals surface area contributed by atoms with Gasteiger partial charge >= 0.3 is 0 Å². The largest absolute Gasteiger partial charge is 0.338 e. The van der Waals surface area contributed by atoms with Gasteiger partial charge in [-0.3, -0.25) is 4.79 Å². The Morgan fingerprint density at radius 2 is 2.12 bits per heavy atom. The first kappa shape index (κ1) is 7.51. The van der Waals surface area contributed by atoms with Gasteiger partial charge in [0.2, 0.25) is 0 Å². The Bertz CT molecular complexity index is 142. The predicted molar refractivity (Wildman–Crippen MR) is 35.4 cm³/mol. The van der Waals surface area contributed by atoms with Crippen molar-refractivity contribution in [1.82, 2.24) is 4.90 Å². The van der Waals surface area contributed by atoms with Gasteiger partial charge in [0.05, 0.1) is 0 Å². The van der Waals surface area contributed by atoms with Gasteiger partial charge in [-0.2, -0.15) is 0 Å². The average molecular weight is 176 g/mol. The SMILES string of the molecule is CN(C)C(=O)C#CBr. The van der Waals surface area contributed by atoms with Gasteiger partial charge in [0.1, 0.15) is 0 Å². The second-order valence-electron chi connectivity index (χ2n) is 1.42. The summed E-state index contributed by atoms with van der Waals surface area (Å²) in [6.45, 7) is 0. The predicted octanol–water partition coefficient (Wildman–Crippen LogP) is 0.430. The zero-order valence-corrected chi connectivity index (χ0v) is 6.32. The normalized spacial score (nSPS) is 6.88. The molecule has 0 aromatic rings. The number of carbonyl (C=O) groups excluding carboxylic acids is 1. The van der Waals surface area contributed by atoms with E-state index in [1.165, 1.54) is 4.90 Å². The van der Waals surface area contributed by atoms with Gasteiger partial charge in [-0.25, -0.2) is 0 Å². The third-order valence-electron chi connectivity index (χ3n) is 0.560. The second kappa shape index (κ2) is 3.50. The highest BCUT2D eigenvalue weighted by Gasteiger charge is 1.93. The molecule has 1 amide bonds. The summed E-state index contributed by atoms with van der Waals surface area (Å²) in [7, 11) is 3.30. The van der Waals surface area contributed by atoms with Crippen LogP contribution in [0.3, 0.4) is 0 Å². The molecule has 44 valence electrons. The van der Waals surface area contributed by atoms with E-state index in [4.69, 9.17) is 0 Å². The summed E-state index contributed by atoms with van der Waals surface area (Å²) in [5, 5.41) is 0. The number of hydrogen-bond donors (Lipinski definition) is 0. The minimum absolute atomic E-state index is 0.193. The topological polar surface area (TPSA) is 20.3 Å². The van der Waals surface area contributed by atoms with Crippen molar-refractivity contribution < 1.29 is 4.79 Å². The van der Waals surface area contributed by atoms with E-state index in [-0.39, 0.29) is 5.91 Å². The van der Waals surface area contributed by atoms with Crippen molar-refractivity contribution in [3.63, 3.8) is 0 Å². The van der Waals surface area contributed by atoms with Crippen LogP contribution < -0.4 is 0 Å². The Labute approximate surface area is 57.0 Å². The lowest BCUT2D eigenvalue weighted by Gasteiger charge is -2.01. The first-order valence-electron chi connectivity index (χ1n) is 2.01. The van der Waals surface area contributed by atoms with Crippen LogP contribution in [-0.4, -0.2) is 24.9 Å². The highest BCUT2D eigenvalue weighted by molar-refractivity contribution is 9.12. The fourth-order valence-corrected chi connectivity index (χ4v) is 0.322. The Balaban J connectivity index is 3.78. The van der Waals surface area contributed by atoms with Crippen LogP contribution in [0.5, 0.6) is 0 Å². The molecule has 0 aromatic heterocycles. The minimum atomic E-state index is -0.193. The standard InChI is InChI=1S/C5H6BrNO/c1-7(2)5(8)3-4-6/h1-2H3. The van der Waals surface area contributed by atoms with E-state index in [0.29, 0.717) is 0 Å². The maximum absolute atomic E-state index is 10.5. The van der Waals surface area contributed by atoms with Gasteiger partial charge in [-0.15, -0.1) is 0 Å². The summed E-state index contributed by atoms with van der Waals surface area (Å²) < 4.78 is 0. The third-order valence-corrected chi connectivity index (χ3v) is 0.759. The molecule has 0 rings (SSSR count). The molecule has 0 aliphatic carbocycles. The van der Waals surface area contributed by atoms with Crippen molar-refractivity contribution in [3.8, 4) is 10.8 Å². The van der Waals surface area contributed by atoms with Crippen molar-refractivity contribution in [2.75, 3.05) is 14.1 Å². The molecule has 2 nitrogen and oxygen atoms in total. The number of carbonyl (C=O) groups is 1. The van der Waals surface area contributed by atoms with E-state index >= 15 is 0 Å². The van der Waals surface area contributed by atoms with E-state index < -0.39 is 0 Å². The quantitative estimate of drug-likeness (QED) is 0.490. The number of hydrogen-bond acceptors (Lipinski definition) is 1. The van der Waals surface area contributed by atoms with Crippen molar-refractivity contribution >= 4 is 21.8 Å². The number of amides is 1. The molecule has 0 aliphatic heterocycles. The van der Waals surface area contributed by atoms with Gasteiger partial charge < -0.3 is 4.90 Å². The zero-order chi connectivity index (χ0) is 6.57. The van der Waals surface area contributed by atoms with Crippen molar-refractivity contribution in [2.24, 2.45) is 0 Å². The van der Waals surface area contributed by atoms with Crippen LogP contribution in [0.4, 0.5) is 0 Å². The average Bonchev–Trinajstić information content (AvgIpc) is 1.67. The second-order valence-corrected chi connectivity index (χ2v) is 1.82. The van der Waals surface area contributed by atoms with E-state index in [2.05, 4.69) is 26.7 Å². The molecule has 0 atom stereocenters. The third kappa shape index (κ3) is 2.64. The molecule has 0 spiro atoms. The smallest absolute Gasteiger partial charge is 0.298 e. The molecule has 0 aromatic carbocycles. The van der Waals surface area contributed by atoms with Crippen LogP contribution in [0.2, 0.25) is 0 Å². The Morgan fingerprint density at radius 1 is 1.62 bits per heavy atom. The molecule has 3 heteroatoms. The first-order chi connectivity index (χ1) is 3.68. The molecule has 8 heavy (non-hydrogen) atoms. The van der Waals surface area contributed by atoms with Crippen molar-refractivity contribution in [1.29, 1.82) is 0 Å². The van der Waals surface area contributed by atoms with E-state index in [1.807, 2.05) is 0 Å². The molecule has 0 heterocycles. The van der Waals surface area contributed by atoms with Gasteiger partial charge in [0.15, 0.2) is 0 Å². The summed E-state index contributed by atoms with van der Waals surface area (Å²) in [6, 6.07) is 0. The first-order valence-corrected chi connectivity index (χ1v) is 2.80. The monoisotopic (exact) mass is 175 g/mol. The van der Waals surface area contributed by atoms with Gasteiger partial charge in [-0.1, -0.05) is 0 Å². The molecule has 0 N–H and O–H groups in total. The van der Waals surface area contributed by atoms with Gasteiger partial charge in [0, 0.05) is 35.9 Å². The summed E-state index contributed by atoms with van der Waals surface area (Å²) in [6.07, 6.45) is 0. The lowest BCUT2D eigenvalue weighted by atomic mass is 10.6. The number of nitrogens with zero attached hydrogens (tertiary/aromatic N) is 1. The summed E-state index contributed by atoms with van der Waals surface area (Å²) in [4.78, 5) is 14.2. The summed E-state index contributed by atoms with van der Waals surface area (Å²) in [5.41, 5.74) is 0. The number of halogens is 1. The Kier molecular flexibility index (Phi) is 3.29. The molecule has 0 fully saturated rings. The van der Waals surface area contributed by atoms with Crippen LogP contribution in [0.25, 0.3) is 0 Å². The Morgan fingerprint density at radius 3 is 2.25 bits per heavy atom. The van der Waals surface area contributed by atoms with Crippen LogP contribution in [0.15, 0.2) is 0 Å². The maximum Gasteiger partial charge on any atom is 0.298 e. The van der Waals surface area contributed by atoms with E-state index in [9.17, 15) is 4.79 Å². The van der Waals surface area contributed by atoms with Crippen molar-refractivity contribution in [2.45, 2.75) is 0 Å². The van der Waals surface area contributed by atoms with Crippen LogP contribution in [0.1, 0.15) is 0 Å². The highest BCUT2D eigenvalue weighted by Crippen LogP contribution is 1.76. The molecule has 0 aliphatic rings. The molecular formula is C5H6BrNO. The van der Waals surface area contributed by atoms with Gasteiger partial charge in [-0.05, 0) is 4.83 Å². The lowest BCUT2D eigenvalue weighted by Crippen LogP contribution is -2.19. The van der Waals surface area contributed by atoms with Gasteiger partial charge in [0.25, 0.3) is 5.91 Å². The maximum atomic E-state index is 10.5. The lowest BCUT2D eigenvalue weighted by molar-refractivity contribution is -0.122. The highest BCUT2D eigenvalue weighted by atomic mass is 79.9. The van der Waals surface area contributed by atoms with Crippen molar-refractivity contribution in [3.05, 3.63) is 0 Å².